The topological polar surface area (TPSA) is 70.1 Å². The van der Waals surface area contributed by atoms with E-state index in [2.05, 4.69) is 5.10 Å². The third-order valence-corrected chi connectivity index (χ3v) is 2.28. The van der Waals surface area contributed by atoms with Gasteiger partial charge in [0.25, 0.3) is 0 Å². The van der Waals surface area contributed by atoms with E-state index in [1.54, 1.807) is 13.2 Å². The highest BCUT2D eigenvalue weighted by Gasteiger charge is 2.19. The molecular weight excluding hydrogens is 194 g/mol. The number of anilines is 1. The number of aromatic nitrogens is 2. The van der Waals surface area contributed by atoms with Crippen LogP contribution in [0.2, 0.25) is 0 Å². The minimum Gasteiger partial charge on any atom is -0.458 e. The smallest absolute Gasteiger partial charge is 0.361 e. The average molecular weight is 211 g/mol. The Bertz CT molecular complexity index is 358. The van der Waals surface area contributed by atoms with Gasteiger partial charge < -0.3 is 10.5 Å². The summed E-state index contributed by atoms with van der Waals surface area (Å²) in [5, 5.41) is 3.94. The zero-order valence-electron chi connectivity index (χ0n) is 9.52. The van der Waals surface area contributed by atoms with Gasteiger partial charge in [-0.25, -0.2) is 4.79 Å². The lowest BCUT2D eigenvalue weighted by atomic mass is 10.1. The van der Waals surface area contributed by atoms with Gasteiger partial charge in [-0.05, 0) is 12.8 Å². The van der Waals surface area contributed by atoms with Gasteiger partial charge in [-0.15, -0.1) is 0 Å². The van der Waals surface area contributed by atoms with Crippen LogP contribution in [0.15, 0.2) is 6.20 Å². The maximum atomic E-state index is 11.6. The summed E-state index contributed by atoms with van der Waals surface area (Å²) in [6, 6.07) is 0. The van der Waals surface area contributed by atoms with Crippen LogP contribution in [0, 0.1) is 5.92 Å². The highest BCUT2D eigenvalue weighted by Crippen LogP contribution is 2.13. The molecule has 0 aromatic carbocycles. The van der Waals surface area contributed by atoms with Crippen LogP contribution in [0.3, 0.4) is 0 Å². The van der Waals surface area contributed by atoms with Crippen LogP contribution in [0.5, 0.6) is 0 Å². The molecule has 0 saturated carbocycles. The van der Waals surface area contributed by atoms with Crippen molar-refractivity contribution in [1.82, 2.24) is 9.78 Å². The lowest BCUT2D eigenvalue weighted by Gasteiger charge is -2.15. The molecule has 5 heteroatoms. The molecule has 1 unspecified atom stereocenters. The van der Waals surface area contributed by atoms with Gasteiger partial charge in [-0.2, -0.15) is 5.10 Å². The summed E-state index contributed by atoms with van der Waals surface area (Å²) in [4.78, 5) is 11.6. The lowest BCUT2D eigenvalue weighted by Crippen LogP contribution is -2.21. The number of ether oxygens (including phenoxy) is 1. The van der Waals surface area contributed by atoms with Gasteiger partial charge in [0.1, 0.15) is 6.10 Å². The van der Waals surface area contributed by atoms with Gasteiger partial charge in [0, 0.05) is 13.2 Å². The highest BCUT2D eigenvalue weighted by molar-refractivity contribution is 5.92. The monoisotopic (exact) mass is 211 g/mol. The standard InChI is InChI=1S/C10H17N3O2/c1-6(2)7(3)15-10(14)9-8(11)5-13(4)12-9/h5-7H,11H2,1-4H3. The molecule has 1 atom stereocenters. The van der Waals surface area contributed by atoms with Gasteiger partial charge in [0.2, 0.25) is 0 Å². The normalized spacial score (nSPS) is 12.9. The summed E-state index contributed by atoms with van der Waals surface area (Å²) in [5.41, 5.74) is 6.14. The van der Waals surface area contributed by atoms with Gasteiger partial charge in [-0.3, -0.25) is 4.68 Å². The number of carbonyl (C=O) groups is 1. The van der Waals surface area contributed by atoms with Crippen LogP contribution in [-0.2, 0) is 11.8 Å². The van der Waals surface area contributed by atoms with Crippen LogP contribution in [0.25, 0.3) is 0 Å². The van der Waals surface area contributed by atoms with Gasteiger partial charge >= 0.3 is 5.97 Å². The molecule has 0 bridgehead atoms. The van der Waals surface area contributed by atoms with Gasteiger partial charge in [0.05, 0.1) is 5.69 Å². The quantitative estimate of drug-likeness (QED) is 0.763. The predicted octanol–water partition coefficient (Wildman–Crippen LogP) is 1.20. The lowest BCUT2D eigenvalue weighted by molar-refractivity contribution is 0.0231. The second-order valence-electron chi connectivity index (χ2n) is 3.96. The van der Waals surface area contributed by atoms with Crippen molar-refractivity contribution < 1.29 is 9.53 Å². The van der Waals surface area contributed by atoms with Crippen LogP contribution < -0.4 is 5.73 Å². The minimum absolute atomic E-state index is 0.140. The van der Waals surface area contributed by atoms with E-state index in [1.807, 2.05) is 20.8 Å². The first-order valence-corrected chi connectivity index (χ1v) is 4.92. The molecule has 0 fully saturated rings. The maximum absolute atomic E-state index is 11.6. The Morgan fingerprint density at radius 3 is 2.53 bits per heavy atom. The Labute approximate surface area is 89.2 Å². The molecule has 1 heterocycles. The molecule has 2 N–H and O–H groups in total. The molecule has 1 aromatic heterocycles. The van der Waals surface area contributed by atoms with Crippen molar-refractivity contribution in [3.63, 3.8) is 0 Å². The fourth-order valence-electron chi connectivity index (χ4n) is 1.03. The van der Waals surface area contributed by atoms with E-state index in [0.717, 1.165) is 0 Å². The molecule has 0 spiro atoms. The van der Waals surface area contributed by atoms with E-state index in [0.29, 0.717) is 5.69 Å². The van der Waals surface area contributed by atoms with E-state index in [9.17, 15) is 4.79 Å². The molecule has 0 saturated heterocycles. The molecule has 5 nitrogen and oxygen atoms in total. The molecule has 1 aromatic rings. The molecular formula is C10H17N3O2. The van der Waals surface area contributed by atoms with Crippen molar-refractivity contribution in [3.8, 4) is 0 Å². The first-order valence-electron chi connectivity index (χ1n) is 4.92. The third kappa shape index (κ3) is 2.71. The molecule has 0 aliphatic carbocycles. The average Bonchev–Trinajstić information content (AvgIpc) is 2.44. The summed E-state index contributed by atoms with van der Waals surface area (Å²) >= 11 is 0. The zero-order valence-corrected chi connectivity index (χ0v) is 9.52. The highest BCUT2D eigenvalue weighted by atomic mass is 16.5. The number of hydrogen-bond donors (Lipinski definition) is 1. The first kappa shape index (κ1) is 11.6. The Kier molecular flexibility index (Phi) is 3.34. The molecule has 1 rings (SSSR count). The zero-order chi connectivity index (χ0) is 11.6. The number of nitrogens with zero attached hydrogens (tertiary/aromatic N) is 2. The fourth-order valence-corrected chi connectivity index (χ4v) is 1.03. The predicted molar refractivity (Wildman–Crippen MR) is 57.3 cm³/mol. The molecule has 15 heavy (non-hydrogen) atoms. The Morgan fingerprint density at radius 2 is 2.13 bits per heavy atom. The number of hydrogen-bond acceptors (Lipinski definition) is 4. The van der Waals surface area contributed by atoms with E-state index in [1.165, 1.54) is 4.68 Å². The van der Waals surface area contributed by atoms with E-state index >= 15 is 0 Å². The SMILES string of the molecule is CC(C)C(C)OC(=O)c1nn(C)cc1N. The second kappa shape index (κ2) is 4.33. The van der Waals surface area contributed by atoms with Gasteiger partial charge in [0.15, 0.2) is 5.69 Å². The Hall–Kier alpha value is -1.52. The Balaban J connectivity index is 2.73. The van der Waals surface area contributed by atoms with Crippen LogP contribution in [0.1, 0.15) is 31.3 Å². The number of rotatable bonds is 3. The molecule has 0 aliphatic heterocycles. The van der Waals surface area contributed by atoms with Crippen molar-refractivity contribution in [2.24, 2.45) is 13.0 Å². The van der Waals surface area contributed by atoms with Crippen molar-refractivity contribution in [3.05, 3.63) is 11.9 Å². The largest absolute Gasteiger partial charge is 0.458 e. The summed E-state index contributed by atoms with van der Waals surface area (Å²) in [6.07, 6.45) is 1.44. The van der Waals surface area contributed by atoms with Crippen molar-refractivity contribution in [1.29, 1.82) is 0 Å². The molecule has 0 amide bonds. The fraction of sp³-hybridized carbons (Fsp3) is 0.600. The van der Waals surface area contributed by atoms with Crippen LogP contribution in [-0.4, -0.2) is 21.9 Å². The maximum Gasteiger partial charge on any atom is 0.361 e. The summed E-state index contributed by atoms with van der Waals surface area (Å²) in [7, 11) is 1.71. The number of esters is 1. The second-order valence-corrected chi connectivity index (χ2v) is 3.96. The number of aryl methyl sites for hydroxylation is 1. The Morgan fingerprint density at radius 1 is 1.53 bits per heavy atom. The summed E-state index contributed by atoms with van der Waals surface area (Å²) in [6.45, 7) is 5.82. The van der Waals surface area contributed by atoms with E-state index in [-0.39, 0.29) is 17.7 Å². The van der Waals surface area contributed by atoms with Gasteiger partial charge in [-0.1, -0.05) is 13.8 Å². The minimum atomic E-state index is -0.464. The van der Waals surface area contributed by atoms with Crippen molar-refractivity contribution in [2.75, 3.05) is 5.73 Å². The number of nitrogen functional groups attached to an aromatic ring is 1. The summed E-state index contributed by atoms with van der Waals surface area (Å²) in [5.74, 6) is -0.187. The van der Waals surface area contributed by atoms with Crippen molar-refractivity contribution in [2.45, 2.75) is 26.9 Å². The van der Waals surface area contributed by atoms with Crippen LogP contribution >= 0.6 is 0 Å². The molecule has 84 valence electrons. The summed E-state index contributed by atoms with van der Waals surface area (Å²) < 4.78 is 6.69. The number of nitrogens with two attached hydrogens (primary N) is 1. The van der Waals surface area contributed by atoms with Crippen LogP contribution in [0.4, 0.5) is 5.69 Å². The third-order valence-electron chi connectivity index (χ3n) is 2.28. The number of carbonyl (C=O) groups excluding carboxylic acids is 1. The van der Waals surface area contributed by atoms with E-state index < -0.39 is 5.97 Å². The van der Waals surface area contributed by atoms with E-state index in [4.69, 9.17) is 10.5 Å². The molecule has 0 radical (unpaired) electrons. The molecule has 0 aliphatic rings. The van der Waals surface area contributed by atoms with Crippen molar-refractivity contribution >= 4 is 11.7 Å². The first-order chi connectivity index (χ1) is 6.91.